The number of aliphatic imine (C=N–C) groups is 1. The van der Waals surface area contributed by atoms with Crippen LogP contribution in [0.3, 0.4) is 0 Å². The number of halogens is 3. The van der Waals surface area contributed by atoms with Gasteiger partial charge in [-0.05, 0) is 30.7 Å². The summed E-state index contributed by atoms with van der Waals surface area (Å²) in [4.78, 5) is 6.30. The predicted molar refractivity (Wildman–Crippen MR) is 97.4 cm³/mol. The Morgan fingerprint density at radius 3 is 2.75 bits per heavy atom. The molecule has 1 aromatic rings. The van der Waals surface area contributed by atoms with Gasteiger partial charge >= 0.3 is 0 Å². The Balaban J connectivity index is 2.09. The van der Waals surface area contributed by atoms with E-state index in [9.17, 15) is 8.78 Å². The summed E-state index contributed by atoms with van der Waals surface area (Å²) in [6.45, 7) is 10.1. The molecule has 0 spiro atoms. The van der Waals surface area contributed by atoms with E-state index in [2.05, 4.69) is 39.4 Å². The highest BCUT2D eigenvalue weighted by Crippen LogP contribution is 2.22. The molecule has 0 radical (unpaired) electrons. The molecule has 0 amide bonds. The molecule has 1 aliphatic heterocycles. The van der Waals surface area contributed by atoms with Crippen molar-refractivity contribution in [3.05, 3.63) is 84.1 Å². The fourth-order valence-corrected chi connectivity index (χ4v) is 2.59. The van der Waals surface area contributed by atoms with Crippen LogP contribution in [0.4, 0.5) is 8.78 Å². The van der Waals surface area contributed by atoms with E-state index in [0.717, 1.165) is 17.8 Å². The van der Waals surface area contributed by atoms with Gasteiger partial charge in [0.1, 0.15) is 5.82 Å². The van der Waals surface area contributed by atoms with Gasteiger partial charge in [-0.1, -0.05) is 41.2 Å². The Labute approximate surface area is 148 Å². The number of rotatable bonds is 6. The molecule has 1 aliphatic rings. The molecule has 6 heteroatoms. The van der Waals surface area contributed by atoms with Crippen LogP contribution in [0.1, 0.15) is 12.5 Å². The maximum atomic E-state index is 13.2. The van der Waals surface area contributed by atoms with Crippen molar-refractivity contribution in [3.63, 3.8) is 0 Å². The van der Waals surface area contributed by atoms with Crippen molar-refractivity contribution in [1.29, 1.82) is 0 Å². The molecule has 0 fully saturated rings. The molecule has 0 saturated carbocycles. The van der Waals surface area contributed by atoms with E-state index in [1.807, 2.05) is 30.2 Å². The van der Waals surface area contributed by atoms with Crippen molar-refractivity contribution < 1.29 is 8.78 Å². The van der Waals surface area contributed by atoms with Gasteiger partial charge in [-0.25, -0.2) is 13.8 Å². The molecule has 0 aliphatic carbocycles. The summed E-state index contributed by atoms with van der Waals surface area (Å²) in [5.74, 6) is -1.15. The minimum atomic E-state index is -0.869. The Morgan fingerprint density at radius 1 is 1.38 bits per heavy atom. The van der Waals surface area contributed by atoms with Crippen molar-refractivity contribution in [1.82, 2.24) is 10.2 Å². The van der Waals surface area contributed by atoms with Crippen LogP contribution < -0.4 is 5.32 Å². The van der Waals surface area contributed by atoms with Crippen molar-refractivity contribution in [2.24, 2.45) is 4.99 Å². The molecular formula is C18H18BrF2N3. The highest BCUT2D eigenvalue weighted by atomic mass is 79.9. The zero-order chi connectivity index (χ0) is 17.7. The van der Waals surface area contributed by atoms with Gasteiger partial charge in [-0.2, -0.15) is 0 Å². The third-order valence-corrected chi connectivity index (χ3v) is 3.95. The highest BCUT2D eigenvalue weighted by molar-refractivity contribution is 9.09. The molecule has 3 nitrogen and oxygen atoms in total. The summed E-state index contributed by atoms with van der Waals surface area (Å²) >= 11 is 3.45. The van der Waals surface area contributed by atoms with Gasteiger partial charge in [0.2, 0.25) is 0 Å². The van der Waals surface area contributed by atoms with Crippen LogP contribution in [-0.4, -0.2) is 15.9 Å². The number of nitrogens with one attached hydrogen (secondary N) is 1. The van der Waals surface area contributed by atoms with E-state index in [1.54, 1.807) is 0 Å². The average Bonchev–Trinajstić information content (AvgIpc) is 2.57. The van der Waals surface area contributed by atoms with Crippen molar-refractivity contribution in [3.8, 4) is 0 Å². The number of benzene rings is 1. The second-order valence-corrected chi connectivity index (χ2v) is 5.68. The first-order valence-electron chi connectivity index (χ1n) is 7.29. The molecule has 2 rings (SSSR count). The van der Waals surface area contributed by atoms with Gasteiger partial charge in [0, 0.05) is 23.8 Å². The monoisotopic (exact) mass is 393 g/mol. The largest absolute Gasteiger partial charge is 0.380 e. The van der Waals surface area contributed by atoms with E-state index in [1.165, 1.54) is 6.07 Å². The third-order valence-electron chi connectivity index (χ3n) is 3.37. The number of hydrogen-bond acceptors (Lipinski definition) is 3. The van der Waals surface area contributed by atoms with Crippen LogP contribution in [0, 0.1) is 11.6 Å². The van der Waals surface area contributed by atoms with Crippen molar-refractivity contribution in [2.45, 2.75) is 13.5 Å². The molecule has 0 saturated heterocycles. The van der Waals surface area contributed by atoms with Crippen LogP contribution in [-0.2, 0) is 6.54 Å². The fraction of sp³-hybridized carbons (Fsp3) is 0.167. The van der Waals surface area contributed by atoms with Crippen LogP contribution in [0.25, 0.3) is 0 Å². The average molecular weight is 394 g/mol. The fourth-order valence-electron chi connectivity index (χ4n) is 2.16. The standard InChI is InChI=1S/C18H18BrF2N3/c1-4-7-24-13(3)23-18(9-15(24)10-19)12(2)22-11-14-5-6-16(20)17(21)8-14/h4-9,22H,2-3,10-11H2,1H3/b7-4-. The Kier molecular flexibility index (Phi) is 6.09. The molecule has 24 heavy (non-hydrogen) atoms. The van der Waals surface area contributed by atoms with Gasteiger partial charge in [0.05, 0.1) is 11.4 Å². The van der Waals surface area contributed by atoms with Gasteiger partial charge in [0.15, 0.2) is 11.6 Å². The maximum absolute atomic E-state index is 13.2. The summed E-state index contributed by atoms with van der Waals surface area (Å²) < 4.78 is 26.2. The van der Waals surface area contributed by atoms with Crippen LogP contribution in [0.5, 0.6) is 0 Å². The summed E-state index contributed by atoms with van der Waals surface area (Å²) in [5, 5.41) is 3.71. The predicted octanol–water partition coefficient (Wildman–Crippen LogP) is 4.61. The SMILES string of the molecule is C=C(NCc1ccc(F)c(F)c1)C1=NC(=C)N(/C=C\C)C(CBr)=C1. The lowest BCUT2D eigenvalue weighted by Gasteiger charge is -2.27. The summed E-state index contributed by atoms with van der Waals surface area (Å²) in [6.07, 6.45) is 5.68. The van der Waals surface area contributed by atoms with Gasteiger partial charge in [-0.3, -0.25) is 0 Å². The van der Waals surface area contributed by atoms with Crippen molar-refractivity contribution >= 4 is 21.6 Å². The van der Waals surface area contributed by atoms with E-state index in [0.29, 0.717) is 34.7 Å². The zero-order valence-electron chi connectivity index (χ0n) is 13.3. The van der Waals surface area contributed by atoms with E-state index in [4.69, 9.17) is 0 Å². The van der Waals surface area contributed by atoms with Crippen LogP contribution in [0.2, 0.25) is 0 Å². The first kappa shape index (κ1) is 18.1. The molecule has 126 valence electrons. The Bertz CT molecular complexity index is 751. The number of nitrogens with zero attached hydrogens (tertiary/aromatic N) is 2. The van der Waals surface area contributed by atoms with E-state index < -0.39 is 11.6 Å². The minimum Gasteiger partial charge on any atom is -0.380 e. The number of hydrogen-bond donors (Lipinski definition) is 1. The quantitative estimate of drug-likeness (QED) is 0.714. The summed E-state index contributed by atoms with van der Waals surface area (Å²) in [6, 6.07) is 3.78. The first-order chi connectivity index (χ1) is 11.5. The second kappa shape index (κ2) is 8.06. The van der Waals surface area contributed by atoms with Gasteiger partial charge in [0.25, 0.3) is 0 Å². The minimum absolute atomic E-state index is 0.317. The molecule has 0 unspecified atom stereocenters. The van der Waals surface area contributed by atoms with Gasteiger partial charge < -0.3 is 10.2 Å². The Hall–Kier alpha value is -2.21. The highest BCUT2D eigenvalue weighted by Gasteiger charge is 2.17. The smallest absolute Gasteiger partial charge is 0.159 e. The molecular weight excluding hydrogens is 376 g/mol. The molecule has 1 aromatic carbocycles. The van der Waals surface area contributed by atoms with Gasteiger partial charge in [-0.15, -0.1) is 0 Å². The van der Waals surface area contributed by atoms with E-state index >= 15 is 0 Å². The lowest BCUT2D eigenvalue weighted by Crippen LogP contribution is -2.26. The lowest BCUT2D eigenvalue weighted by molar-refractivity contribution is 0.506. The molecule has 1 heterocycles. The molecule has 0 aromatic heterocycles. The molecule has 1 N–H and O–H groups in total. The van der Waals surface area contributed by atoms with Crippen molar-refractivity contribution in [2.75, 3.05) is 5.33 Å². The first-order valence-corrected chi connectivity index (χ1v) is 8.41. The molecule has 0 bridgehead atoms. The Morgan fingerprint density at radius 2 is 2.12 bits per heavy atom. The van der Waals surface area contributed by atoms with Crippen LogP contribution >= 0.6 is 15.9 Å². The summed E-state index contributed by atoms with van der Waals surface area (Å²) in [5.41, 5.74) is 2.82. The summed E-state index contributed by atoms with van der Waals surface area (Å²) in [7, 11) is 0. The zero-order valence-corrected chi connectivity index (χ0v) is 14.9. The second-order valence-electron chi connectivity index (χ2n) is 5.12. The lowest BCUT2D eigenvalue weighted by atomic mass is 10.1. The number of alkyl halides is 1. The normalized spacial score (nSPS) is 14.7. The third kappa shape index (κ3) is 4.20. The maximum Gasteiger partial charge on any atom is 0.159 e. The topological polar surface area (TPSA) is 27.6 Å². The van der Waals surface area contributed by atoms with Crippen LogP contribution in [0.15, 0.2) is 71.9 Å². The number of allylic oxidation sites excluding steroid dienone is 3. The molecule has 0 atom stereocenters. The van der Waals surface area contributed by atoms with E-state index in [-0.39, 0.29) is 0 Å².